The lowest BCUT2D eigenvalue weighted by molar-refractivity contribution is 0.112. The number of aldehydes is 1. The monoisotopic (exact) mass is 266 g/mol. The molecule has 0 fully saturated rings. The van der Waals surface area contributed by atoms with Crippen molar-refractivity contribution in [1.82, 2.24) is 4.98 Å². The number of carbonyl (C=O) groups excluding carboxylic acids is 1. The summed E-state index contributed by atoms with van der Waals surface area (Å²) >= 11 is 11.8. The Hall–Kier alpha value is -1.58. The minimum Gasteiger partial charge on any atom is -0.383 e. The van der Waals surface area contributed by atoms with Crippen molar-refractivity contribution in [3.05, 3.63) is 46.1 Å². The zero-order chi connectivity index (χ0) is 12.4. The number of hydrogen-bond acceptors (Lipinski definition) is 3. The molecule has 1 heterocycles. The van der Waals surface area contributed by atoms with E-state index in [9.17, 15) is 4.79 Å². The Labute approximate surface area is 108 Å². The first kappa shape index (κ1) is 11.9. The molecule has 0 spiro atoms. The van der Waals surface area contributed by atoms with Gasteiger partial charge in [0.25, 0.3) is 0 Å². The van der Waals surface area contributed by atoms with Crippen molar-refractivity contribution >= 4 is 35.3 Å². The number of benzene rings is 1. The Balaban J connectivity index is 2.56. The molecular formula is C12H8Cl2N2O. The summed E-state index contributed by atoms with van der Waals surface area (Å²) in [5.41, 5.74) is 7.42. The van der Waals surface area contributed by atoms with Crippen LogP contribution in [0.3, 0.4) is 0 Å². The average Bonchev–Trinajstić information content (AvgIpc) is 2.28. The highest BCUT2D eigenvalue weighted by Gasteiger charge is 2.05. The van der Waals surface area contributed by atoms with Crippen molar-refractivity contribution in [2.24, 2.45) is 0 Å². The molecule has 0 aliphatic carbocycles. The van der Waals surface area contributed by atoms with E-state index in [2.05, 4.69) is 4.98 Å². The predicted octanol–water partition coefficient (Wildman–Crippen LogP) is 3.45. The first-order chi connectivity index (χ1) is 8.10. The molecule has 0 saturated heterocycles. The maximum atomic E-state index is 10.8. The molecule has 2 rings (SSSR count). The number of nitrogens with two attached hydrogens (primary N) is 1. The van der Waals surface area contributed by atoms with Crippen LogP contribution in [0.2, 0.25) is 10.0 Å². The fourth-order valence-electron chi connectivity index (χ4n) is 1.47. The molecule has 2 N–H and O–H groups in total. The summed E-state index contributed by atoms with van der Waals surface area (Å²) in [5.74, 6) is 0.205. The summed E-state index contributed by atoms with van der Waals surface area (Å²) in [5, 5.41) is 1.05. The second kappa shape index (κ2) is 4.73. The molecule has 0 saturated carbocycles. The van der Waals surface area contributed by atoms with Gasteiger partial charge in [-0.1, -0.05) is 23.2 Å². The van der Waals surface area contributed by atoms with Crippen LogP contribution in [0.25, 0.3) is 11.1 Å². The van der Waals surface area contributed by atoms with E-state index in [1.54, 1.807) is 30.5 Å². The van der Waals surface area contributed by atoms with Crippen molar-refractivity contribution in [1.29, 1.82) is 0 Å². The Morgan fingerprint density at radius 3 is 2.29 bits per heavy atom. The van der Waals surface area contributed by atoms with Crippen LogP contribution >= 0.6 is 23.2 Å². The molecular weight excluding hydrogens is 259 g/mol. The van der Waals surface area contributed by atoms with E-state index in [-0.39, 0.29) is 5.82 Å². The fraction of sp³-hybridized carbons (Fsp3) is 0. The van der Waals surface area contributed by atoms with Crippen molar-refractivity contribution in [2.45, 2.75) is 0 Å². The van der Waals surface area contributed by atoms with Gasteiger partial charge < -0.3 is 5.73 Å². The molecule has 0 atom stereocenters. The molecule has 0 bridgehead atoms. The second-order valence-corrected chi connectivity index (χ2v) is 4.35. The van der Waals surface area contributed by atoms with Crippen LogP contribution in [0.1, 0.15) is 10.4 Å². The van der Waals surface area contributed by atoms with Crippen molar-refractivity contribution in [3.8, 4) is 11.1 Å². The first-order valence-electron chi connectivity index (χ1n) is 4.77. The Kier molecular flexibility index (Phi) is 3.31. The number of pyridine rings is 1. The topological polar surface area (TPSA) is 56.0 Å². The molecule has 0 aliphatic heterocycles. The molecule has 0 radical (unpaired) electrons. The van der Waals surface area contributed by atoms with Crippen LogP contribution in [0, 0.1) is 0 Å². The largest absolute Gasteiger partial charge is 0.383 e. The Morgan fingerprint density at radius 1 is 1.06 bits per heavy atom. The molecule has 1 aromatic heterocycles. The molecule has 0 aliphatic rings. The molecule has 17 heavy (non-hydrogen) atoms. The molecule has 1 aromatic carbocycles. The van der Waals surface area contributed by atoms with Gasteiger partial charge in [0.2, 0.25) is 0 Å². The number of carbonyl (C=O) groups is 1. The van der Waals surface area contributed by atoms with Gasteiger partial charge in [0.15, 0.2) is 6.29 Å². The highest BCUT2D eigenvalue weighted by molar-refractivity contribution is 6.35. The molecule has 0 unspecified atom stereocenters. The number of nitrogens with zero attached hydrogens (tertiary/aromatic N) is 1. The quantitative estimate of drug-likeness (QED) is 0.848. The van der Waals surface area contributed by atoms with Crippen molar-refractivity contribution in [2.75, 3.05) is 5.73 Å². The summed E-state index contributed by atoms with van der Waals surface area (Å²) in [4.78, 5) is 14.7. The number of rotatable bonds is 2. The second-order valence-electron chi connectivity index (χ2n) is 3.47. The van der Waals surface area contributed by atoms with Gasteiger partial charge in [-0.3, -0.25) is 4.79 Å². The maximum Gasteiger partial charge on any atom is 0.153 e. The van der Waals surface area contributed by atoms with Gasteiger partial charge in [-0.15, -0.1) is 0 Å². The SMILES string of the molecule is Nc1ncc(-c2cc(Cl)cc(Cl)c2)cc1C=O. The lowest BCUT2D eigenvalue weighted by atomic mass is 10.1. The predicted molar refractivity (Wildman–Crippen MR) is 69.5 cm³/mol. The third-order valence-electron chi connectivity index (χ3n) is 2.27. The molecule has 86 valence electrons. The average molecular weight is 267 g/mol. The fourth-order valence-corrected chi connectivity index (χ4v) is 1.99. The molecule has 0 amide bonds. The van der Waals surface area contributed by atoms with Crippen LogP contribution < -0.4 is 5.73 Å². The summed E-state index contributed by atoms with van der Waals surface area (Å²) in [6.45, 7) is 0. The van der Waals surface area contributed by atoms with Crippen LogP contribution in [0.15, 0.2) is 30.5 Å². The zero-order valence-electron chi connectivity index (χ0n) is 8.65. The van der Waals surface area contributed by atoms with Crippen LogP contribution in [0.5, 0.6) is 0 Å². The molecule has 2 aromatic rings. The van der Waals surface area contributed by atoms with Gasteiger partial charge in [-0.05, 0) is 29.8 Å². The summed E-state index contributed by atoms with van der Waals surface area (Å²) in [7, 11) is 0. The van der Waals surface area contributed by atoms with Gasteiger partial charge in [-0.25, -0.2) is 4.98 Å². The minimum atomic E-state index is 0.205. The summed E-state index contributed by atoms with van der Waals surface area (Å²) in [6.07, 6.45) is 2.24. The van der Waals surface area contributed by atoms with Gasteiger partial charge in [0, 0.05) is 21.8 Å². The van der Waals surface area contributed by atoms with Crippen molar-refractivity contribution < 1.29 is 4.79 Å². The minimum absolute atomic E-state index is 0.205. The zero-order valence-corrected chi connectivity index (χ0v) is 10.2. The van der Waals surface area contributed by atoms with Gasteiger partial charge in [0.1, 0.15) is 5.82 Å². The van der Waals surface area contributed by atoms with E-state index in [0.717, 1.165) is 11.1 Å². The molecule has 5 heteroatoms. The van der Waals surface area contributed by atoms with Crippen molar-refractivity contribution in [3.63, 3.8) is 0 Å². The number of nitrogen functional groups attached to an aromatic ring is 1. The van der Waals surface area contributed by atoms with E-state index in [0.29, 0.717) is 21.9 Å². The van der Waals surface area contributed by atoms with E-state index in [1.807, 2.05) is 0 Å². The number of aromatic nitrogens is 1. The van der Waals surface area contributed by atoms with E-state index >= 15 is 0 Å². The van der Waals surface area contributed by atoms with Gasteiger partial charge in [-0.2, -0.15) is 0 Å². The van der Waals surface area contributed by atoms with Crippen LogP contribution in [0.4, 0.5) is 5.82 Å². The van der Waals surface area contributed by atoms with E-state index in [1.165, 1.54) is 0 Å². The van der Waals surface area contributed by atoms with Gasteiger partial charge in [0.05, 0.1) is 5.56 Å². The highest BCUT2D eigenvalue weighted by atomic mass is 35.5. The lowest BCUT2D eigenvalue weighted by Gasteiger charge is -2.05. The molecule has 3 nitrogen and oxygen atoms in total. The smallest absolute Gasteiger partial charge is 0.153 e. The van der Waals surface area contributed by atoms with E-state index in [4.69, 9.17) is 28.9 Å². The third-order valence-corrected chi connectivity index (χ3v) is 2.71. The number of hydrogen-bond donors (Lipinski definition) is 1. The normalized spacial score (nSPS) is 10.2. The third kappa shape index (κ3) is 2.57. The standard InChI is InChI=1S/C12H8Cl2N2O/c13-10-2-7(3-11(14)4-10)8-1-9(6-17)12(15)16-5-8/h1-6H,(H2,15,16). The maximum absolute atomic E-state index is 10.8. The summed E-state index contributed by atoms with van der Waals surface area (Å²) in [6, 6.07) is 6.78. The van der Waals surface area contributed by atoms with Crippen LogP contribution in [-0.2, 0) is 0 Å². The lowest BCUT2D eigenvalue weighted by Crippen LogP contribution is -1.96. The number of anilines is 1. The Bertz CT molecular complexity index is 564. The van der Waals surface area contributed by atoms with E-state index < -0.39 is 0 Å². The van der Waals surface area contributed by atoms with Gasteiger partial charge >= 0.3 is 0 Å². The summed E-state index contributed by atoms with van der Waals surface area (Å²) < 4.78 is 0. The number of halogens is 2. The first-order valence-corrected chi connectivity index (χ1v) is 5.53. The highest BCUT2D eigenvalue weighted by Crippen LogP contribution is 2.27. The Morgan fingerprint density at radius 2 is 1.71 bits per heavy atom. The van der Waals surface area contributed by atoms with Crippen LogP contribution in [-0.4, -0.2) is 11.3 Å².